The zero-order valence-corrected chi connectivity index (χ0v) is 20.9. The molecule has 1 saturated heterocycles. The lowest BCUT2D eigenvalue weighted by Gasteiger charge is -2.48. The van der Waals surface area contributed by atoms with E-state index in [-0.39, 0.29) is 27.7 Å². The smallest absolute Gasteiger partial charge is 0.267 e. The molecule has 3 heterocycles. The van der Waals surface area contributed by atoms with E-state index in [4.69, 9.17) is 0 Å². The van der Waals surface area contributed by atoms with Gasteiger partial charge in [0.25, 0.3) is 11.8 Å². The molecule has 1 aromatic carbocycles. The molecular formula is C25H29N3O4S2. The zero-order chi connectivity index (χ0) is 23.9. The standard InChI is InChI=1S/C25H29N3O4S2/c1-26-20-11-6-5-10-19(20)22(23(25(26)30)34(31,32)18-8-3-2-4-9-18)27-13-15-28(16-14-27)24(29)21-12-7-17-33-21/h2-4,7-9,12,17,19-20H,5-6,10-11,13-16H2,1H3. The lowest BCUT2D eigenvalue weighted by Crippen LogP contribution is -2.56. The molecule has 2 fully saturated rings. The predicted octanol–water partition coefficient (Wildman–Crippen LogP) is 3.22. The minimum atomic E-state index is -3.99. The highest BCUT2D eigenvalue weighted by atomic mass is 32.2. The maximum Gasteiger partial charge on any atom is 0.267 e. The Morgan fingerprint density at radius 3 is 2.35 bits per heavy atom. The van der Waals surface area contributed by atoms with Gasteiger partial charge in [0.05, 0.1) is 9.77 Å². The van der Waals surface area contributed by atoms with Crippen molar-refractivity contribution in [3.05, 3.63) is 63.3 Å². The molecule has 2 aliphatic heterocycles. The second-order valence-electron chi connectivity index (χ2n) is 9.16. The summed E-state index contributed by atoms with van der Waals surface area (Å²) in [6.45, 7) is 2.03. The number of nitrogens with zero attached hydrogens (tertiary/aromatic N) is 3. The van der Waals surface area contributed by atoms with E-state index in [0.29, 0.717) is 36.8 Å². The Labute approximate surface area is 204 Å². The predicted molar refractivity (Wildman–Crippen MR) is 131 cm³/mol. The molecule has 34 heavy (non-hydrogen) atoms. The summed E-state index contributed by atoms with van der Waals surface area (Å²) < 4.78 is 27.6. The highest BCUT2D eigenvalue weighted by molar-refractivity contribution is 7.96. The first-order chi connectivity index (χ1) is 16.4. The molecule has 2 amide bonds. The summed E-state index contributed by atoms with van der Waals surface area (Å²) in [6, 6.07) is 11.9. The quantitative estimate of drug-likeness (QED) is 0.646. The van der Waals surface area contributed by atoms with Crippen LogP contribution in [-0.2, 0) is 14.6 Å². The first-order valence-electron chi connectivity index (χ1n) is 11.8. The second kappa shape index (κ2) is 9.19. The third-order valence-electron chi connectivity index (χ3n) is 7.29. The van der Waals surface area contributed by atoms with Crippen molar-refractivity contribution in [2.45, 2.75) is 36.6 Å². The Balaban J connectivity index is 1.53. The van der Waals surface area contributed by atoms with Crippen molar-refractivity contribution in [3.63, 3.8) is 0 Å². The number of piperazine rings is 1. The third kappa shape index (κ3) is 3.94. The van der Waals surface area contributed by atoms with Gasteiger partial charge in [-0.1, -0.05) is 37.1 Å². The molecule has 0 N–H and O–H groups in total. The molecule has 9 heteroatoms. The highest BCUT2D eigenvalue weighted by Gasteiger charge is 2.47. The van der Waals surface area contributed by atoms with Crippen LogP contribution in [0.25, 0.3) is 0 Å². The molecule has 0 bridgehead atoms. The number of hydrogen-bond acceptors (Lipinski definition) is 6. The second-order valence-corrected chi connectivity index (χ2v) is 12.0. The summed E-state index contributed by atoms with van der Waals surface area (Å²) in [6.07, 6.45) is 3.80. The Morgan fingerprint density at radius 1 is 0.971 bits per heavy atom. The molecular weight excluding hydrogens is 470 g/mol. The summed E-state index contributed by atoms with van der Waals surface area (Å²) in [4.78, 5) is 32.7. The van der Waals surface area contributed by atoms with Crippen molar-refractivity contribution >= 4 is 33.0 Å². The Hall–Kier alpha value is -2.65. The normalized spacial score (nSPS) is 23.8. The lowest BCUT2D eigenvalue weighted by atomic mass is 9.78. The van der Waals surface area contributed by atoms with E-state index < -0.39 is 15.7 Å². The third-order valence-corrected chi connectivity index (χ3v) is 9.96. The molecule has 2 aromatic rings. The number of carbonyl (C=O) groups is 2. The van der Waals surface area contributed by atoms with Gasteiger partial charge in [-0.3, -0.25) is 9.59 Å². The number of amides is 2. The average molecular weight is 500 g/mol. The van der Waals surface area contributed by atoms with Crippen LogP contribution in [0, 0.1) is 5.92 Å². The van der Waals surface area contributed by atoms with Crippen LogP contribution in [0.4, 0.5) is 0 Å². The van der Waals surface area contributed by atoms with Crippen LogP contribution in [0.2, 0.25) is 0 Å². The summed E-state index contributed by atoms with van der Waals surface area (Å²) in [5, 5.41) is 1.89. The highest BCUT2D eigenvalue weighted by Crippen LogP contribution is 2.43. The summed E-state index contributed by atoms with van der Waals surface area (Å²) in [7, 11) is -2.25. The van der Waals surface area contributed by atoms with Gasteiger partial charge in [-0.15, -0.1) is 11.3 Å². The van der Waals surface area contributed by atoms with Gasteiger partial charge >= 0.3 is 0 Å². The number of fused-ring (bicyclic) bond motifs is 1. The van der Waals surface area contributed by atoms with Gasteiger partial charge in [-0.25, -0.2) is 8.42 Å². The van der Waals surface area contributed by atoms with Crippen molar-refractivity contribution in [1.29, 1.82) is 0 Å². The van der Waals surface area contributed by atoms with Gasteiger partial charge in [0.2, 0.25) is 9.84 Å². The largest absolute Gasteiger partial charge is 0.370 e. The van der Waals surface area contributed by atoms with Gasteiger partial charge in [-0.2, -0.15) is 0 Å². The monoisotopic (exact) mass is 499 g/mol. The fourth-order valence-corrected chi connectivity index (χ4v) is 7.91. The zero-order valence-electron chi connectivity index (χ0n) is 19.2. The Kier molecular flexibility index (Phi) is 6.24. The first-order valence-corrected chi connectivity index (χ1v) is 14.1. The fourth-order valence-electron chi connectivity index (χ4n) is 5.54. The number of carbonyl (C=O) groups excluding carboxylic acids is 2. The number of benzene rings is 1. The van der Waals surface area contributed by atoms with E-state index in [1.54, 1.807) is 42.3 Å². The maximum atomic E-state index is 13.8. The molecule has 1 aromatic heterocycles. The average Bonchev–Trinajstić information content (AvgIpc) is 3.41. The number of sulfone groups is 1. The van der Waals surface area contributed by atoms with Crippen LogP contribution in [0.15, 0.2) is 63.3 Å². The molecule has 2 atom stereocenters. The minimum absolute atomic E-state index is 0.00974. The van der Waals surface area contributed by atoms with Crippen LogP contribution in [-0.4, -0.2) is 74.2 Å². The Bertz CT molecular complexity index is 1200. The van der Waals surface area contributed by atoms with Gasteiger partial charge in [-0.05, 0) is 36.4 Å². The van der Waals surface area contributed by atoms with E-state index in [1.165, 1.54) is 11.3 Å². The van der Waals surface area contributed by atoms with Crippen molar-refractivity contribution in [2.75, 3.05) is 33.2 Å². The number of likely N-dealkylation sites (N-methyl/N-ethyl adjacent to an activating group) is 1. The van der Waals surface area contributed by atoms with Crippen molar-refractivity contribution < 1.29 is 18.0 Å². The molecule has 1 saturated carbocycles. The van der Waals surface area contributed by atoms with Gasteiger partial charge < -0.3 is 14.7 Å². The minimum Gasteiger partial charge on any atom is -0.370 e. The fraction of sp³-hybridized carbons (Fsp3) is 0.440. The molecule has 0 radical (unpaired) electrons. The van der Waals surface area contributed by atoms with Crippen LogP contribution < -0.4 is 0 Å². The molecule has 5 rings (SSSR count). The first kappa shape index (κ1) is 23.1. The molecule has 3 aliphatic rings. The Morgan fingerprint density at radius 2 is 1.68 bits per heavy atom. The molecule has 7 nitrogen and oxygen atoms in total. The van der Waals surface area contributed by atoms with E-state index in [2.05, 4.69) is 4.90 Å². The van der Waals surface area contributed by atoms with Gasteiger partial charge in [0.15, 0.2) is 4.91 Å². The number of rotatable bonds is 4. The van der Waals surface area contributed by atoms with Crippen molar-refractivity contribution in [2.24, 2.45) is 5.92 Å². The topological polar surface area (TPSA) is 78.0 Å². The van der Waals surface area contributed by atoms with E-state index in [0.717, 1.165) is 25.7 Å². The molecule has 180 valence electrons. The van der Waals surface area contributed by atoms with Gasteiger partial charge in [0.1, 0.15) is 0 Å². The van der Waals surface area contributed by atoms with Crippen LogP contribution >= 0.6 is 11.3 Å². The van der Waals surface area contributed by atoms with Crippen LogP contribution in [0.3, 0.4) is 0 Å². The lowest BCUT2D eigenvalue weighted by molar-refractivity contribution is -0.130. The SMILES string of the molecule is CN1C(=O)C(S(=O)(=O)c2ccccc2)=C(N2CCN(C(=O)c3cccs3)CC2)C2CCCCC21. The molecule has 1 aliphatic carbocycles. The maximum absolute atomic E-state index is 13.8. The molecule has 2 unspecified atom stereocenters. The number of thiophene rings is 1. The summed E-state index contributed by atoms with van der Waals surface area (Å²) >= 11 is 1.43. The van der Waals surface area contributed by atoms with Gasteiger partial charge in [0, 0.05) is 50.9 Å². The van der Waals surface area contributed by atoms with Crippen molar-refractivity contribution in [1.82, 2.24) is 14.7 Å². The number of hydrogen-bond donors (Lipinski definition) is 0. The summed E-state index contributed by atoms with van der Waals surface area (Å²) in [5.41, 5.74) is 0.667. The molecule has 0 spiro atoms. The summed E-state index contributed by atoms with van der Waals surface area (Å²) in [5.74, 6) is -0.417. The van der Waals surface area contributed by atoms with E-state index in [9.17, 15) is 18.0 Å². The van der Waals surface area contributed by atoms with Crippen LogP contribution in [0.5, 0.6) is 0 Å². The van der Waals surface area contributed by atoms with E-state index >= 15 is 0 Å². The van der Waals surface area contributed by atoms with Crippen molar-refractivity contribution in [3.8, 4) is 0 Å². The van der Waals surface area contributed by atoms with E-state index in [1.807, 2.05) is 22.4 Å². The van der Waals surface area contributed by atoms with Crippen LogP contribution in [0.1, 0.15) is 35.4 Å².